The van der Waals surface area contributed by atoms with Gasteiger partial charge >= 0.3 is 0 Å². The maximum atomic E-state index is 13.2. The Bertz CT molecular complexity index is 1010. The molecule has 0 bridgehead atoms. The van der Waals surface area contributed by atoms with E-state index in [0.717, 1.165) is 27.8 Å². The molecule has 0 atom stereocenters. The van der Waals surface area contributed by atoms with Gasteiger partial charge in [0, 0.05) is 11.6 Å². The highest BCUT2D eigenvalue weighted by Crippen LogP contribution is 2.31. The van der Waals surface area contributed by atoms with Gasteiger partial charge in [-0.3, -0.25) is 0 Å². The standard InChI is InChI=1S/C17H16FN3O4S2/c1-24-14-6-3-12(16(9-14)25-2)10-21(17-20-19-11-26-17)27(22,23)15-7-4-13(18)5-8-15/h3-9,11H,10H2,1-2H3. The van der Waals surface area contributed by atoms with Crippen molar-refractivity contribution in [1.82, 2.24) is 10.2 Å². The fourth-order valence-electron chi connectivity index (χ4n) is 2.40. The van der Waals surface area contributed by atoms with Crippen LogP contribution < -0.4 is 13.8 Å². The Morgan fingerprint density at radius 1 is 1.11 bits per heavy atom. The average Bonchev–Trinajstić information content (AvgIpc) is 3.20. The summed E-state index contributed by atoms with van der Waals surface area (Å²) in [4.78, 5) is -0.0495. The van der Waals surface area contributed by atoms with Crippen molar-refractivity contribution in [2.45, 2.75) is 11.4 Å². The van der Waals surface area contributed by atoms with Crippen molar-refractivity contribution in [3.8, 4) is 11.5 Å². The Kier molecular flexibility index (Phi) is 5.57. The zero-order valence-electron chi connectivity index (χ0n) is 14.5. The molecule has 0 unspecified atom stereocenters. The van der Waals surface area contributed by atoms with E-state index in [9.17, 15) is 12.8 Å². The van der Waals surface area contributed by atoms with Crippen LogP contribution >= 0.6 is 11.3 Å². The van der Waals surface area contributed by atoms with E-state index in [2.05, 4.69) is 10.2 Å². The number of hydrogen-bond donors (Lipinski definition) is 0. The number of benzene rings is 2. The molecular weight excluding hydrogens is 393 g/mol. The molecule has 0 N–H and O–H groups in total. The second kappa shape index (κ2) is 7.89. The number of halogens is 1. The van der Waals surface area contributed by atoms with E-state index < -0.39 is 15.8 Å². The predicted molar refractivity (Wildman–Crippen MR) is 99.2 cm³/mol. The largest absolute Gasteiger partial charge is 0.497 e. The van der Waals surface area contributed by atoms with Gasteiger partial charge in [-0.25, -0.2) is 17.1 Å². The van der Waals surface area contributed by atoms with E-state index in [1.807, 2.05) is 0 Å². The molecule has 0 aliphatic rings. The first-order valence-corrected chi connectivity index (χ1v) is 10.0. The molecule has 0 aliphatic carbocycles. The summed E-state index contributed by atoms with van der Waals surface area (Å²) < 4.78 is 51.1. The van der Waals surface area contributed by atoms with E-state index in [4.69, 9.17) is 9.47 Å². The molecule has 0 spiro atoms. The van der Waals surface area contributed by atoms with Crippen LogP contribution in [0.5, 0.6) is 11.5 Å². The second-order valence-corrected chi connectivity index (χ2v) is 8.04. The highest BCUT2D eigenvalue weighted by molar-refractivity contribution is 7.93. The minimum atomic E-state index is -3.99. The third-order valence-electron chi connectivity index (χ3n) is 3.77. The number of methoxy groups -OCH3 is 2. The van der Waals surface area contributed by atoms with Crippen molar-refractivity contribution < 1.29 is 22.3 Å². The van der Waals surface area contributed by atoms with E-state index in [1.165, 1.54) is 31.9 Å². The Balaban J connectivity index is 2.04. The van der Waals surface area contributed by atoms with Crippen LogP contribution in [0.15, 0.2) is 52.9 Å². The Hall–Kier alpha value is -2.72. The normalized spacial score (nSPS) is 11.2. The molecule has 7 nitrogen and oxygen atoms in total. The second-order valence-electron chi connectivity index (χ2n) is 5.36. The van der Waals surface area contributed by atoms with E-state index in [0.29, 0.717) is 17.1 Å². The lowest BCUT2D eigenvalue weighted by molar-refractivity contribution is 0.391. The molecule has 0 fully saturated rings. The molecular formula is C17H16FN3O4S2. The molecule has 27 heavy (non-hydrogen) atoms. The van der Waals surface area contributed by atoms with Gasteiger partial charge in [-0.05, 0) is 36.4 Å². The maximum absolute atomic E-state index is 13.2. The molecule has 1 heterocycles. The van der Waals surface area contributed by atoms with Crippen molar-refractivity contribution in [3.05, 3.63) is 59.4 Å². The summed E-state index contributed by atoms with van der Waals surface area (Å²) in [5.41, 5.74) is 2.05. The van der Waals surface area contributed by atoms with Crippen LogP contribution in [0, 0.1) is 5.82 Å². The lowest BCUT2D eigenvalue weighted by Crippen LogP contribution is -2.30. The minimum absolute atomic E-state index is 0.0396. The lowest BCUT2D eigenvalue weighted by Gasteiger charge is -2.22. The van der Waals surface area contributed by atoms with Gasteiger partial charge < -0.3 is 9.47 Å². The molecule has 10 heteroatoms. The number of nitrogens with zero attached hydrogens (tertiary/aromatic N) is 3. The molecule has 2 aromatic carbocycles. The number of hydrogen-bond acceptors (Lipinski definition) is 7. The van der Waals surface area contributed by atoms with Crippen molar-refractivity contribution in [3.63, 3.8) is 0 Å². The first-order valence-electron chi connectivity index (χ1n) is 7.71. The minimum Gasteiger partial charge on any atom is -0.497 e. The monoisotopic (exact) mass is 409 g/mol. The fourth-order valence-corrected chi connectivity index (χ4v) is 4.58. The summed E-state index contributed by atoms with van der Waals surface area (Å²) in [6, 6.07) is 9.71. The molecule has 3 rings (SSSR count). The van der Waals surface area contributed by atoms with Crippen LogP contribution in [0.25, 0.3) is 0 Å². The van der Waals surface area contributed by atoms with Crippen LogP contribution in [0.1, 0.15) is 5.56 Å². The third-order valence-corrected chi connectivity index (χ3v) is 6.35. The van der Waals surface area contributed by atoms with Gasteiger partial charge in [0.2, 0.25) is 5.13 Å². The van der Waals surface area contributed by atoms with Gasteiger partial charge in [0.25, 0.3) is 10.0 Å². The van der Waals surface area contributed by atoms with Crippen LogP contribution in [0.2, 0.25) is 0 Å². The number of sulfonamides is 1. The molecule has 0 saturated heterocycles. The van der Waals surface area contributed by atoms with Gasteiger partial charge in [-0.15, -0.1) is 10.2 Å². The zero-order valence-corrected chi connectivity index (χ0v) is 16.1. The summed E-state index contributed by atoms with van der Waals surface area (Å²) in [7, 11) is -0.975. The maximum Gasteiger partial charge on any atom is 0.266 e. The lowest BCUT2D eigenvalue weighted by atomic mass is 10.2. The smallest absolute Gasteiger partial charge is 0.266 e. The molecule has 0 saturated carbocycles. The molecule has 1 aromatic heterocycles. The fraction of sp³-hybridized carbons (Fsp3) is 0.176. The van der Waals surface area contributed by atoms with E-state index in [1.54, 1.807) is 18.2 Å². The van der Waals surface area contributed by atoms with Gasteiger partial charge in [-0.1, -0.05) is 11.3 Å². The van der Waals surface area contributed by atoms with Crippen LogP contribution in [-0.2, 0) is 16.6 Å². The van der Waals surface area contributed by atoms with Crippen molar-refractivity contribution in [2.24, 2.45) is 0 Å². The van der Waals surface area contributed by atoms with Crippen LogP contribution in [-0.4, -0.2) is 32.8 Å². The van der Waals surface area contributed by atoms with Gasteiger partial charge in [0.1, 0.15) is 22.8 Å². The summed E-state index contributed by atoms with van der Waals surface area (Å²) in [6.07, 6.45) is 0. The topological polar surface area (TPSA) is 81.6 Å². The van der Waals surface area contributed by atoms with Crippen LogP contribution in [0.3, 0.4) is 0 Å². The summed E-state index contributed by atoms with van der Waals surface area (Å²) in [5.74, 6) is 0.533. The molecule has 0 radical (unpaired) electrons. The van der Waals surface area contributed by atoms with Crippen molar-refractivity contribution >= 4 is 26.5 Å². The van der Waals surface area contributed by atoms with E-state index >= 15 is 0 Å². The molecule has 3 aromatic rings. The van der Waals surface area contributed by atoms with Gasteiger partial charge in [0.15, 0.2) is 0 Å². The predicted octanol–water partition coefficient (Wildman–Crippen LogP) is 3.09. The molecule has 142 valence electrons. The number of anilines is 1. The third kappa shape index (κ3) is 4.01. The Labute approximate surface area is 160 Å². The summed E-state index contributed by atoms with van der Waals surface area (Å²) >= 11 is 1.08. The quantitative estimate of drug-likeness (QED) is 0.596. The summed E-state index contributed by atoms with van der Waals surface area (Å²) in [6.45, 7) is -0.0396. The number of rotatable bonds is 7. The average molecular weight is 409 g/mol. The zero-order chi connectivity index (χ0) is 19.4. The van der Waals surface area contributed by atoms with E-state index in [-0.39, 0.29) is 16.6 Å². The Morgan fingerprint density at radius 3 is 2.44 bits per heavy atom. The SMILES string of the molecule is COc1ccc(CN(c2nncs2)S(=O)(=O)c2ccc(F)cc2)c(OC)c1. The highest BCUT2D eigenvalue weighted by atomic mass is 32.2. The van der Waals surface area contributed by atoms with Gasteiger partial charge in [-0.2, -0.15) is 0 Å². The highest BCUT2D eigenvalue weighted by Gasteiger charge is 2.28. The molecule has 0 aliphatic heterocycles. The molecule has 0 amide bonds. The van der Waals surface area contributed by atoms with Crippen molar-refractivity contribution in [2.75, 3.05) is 18.5 Å². The number of ether oxygens (including phenoxy) is 2. The summed E-state index contributed by atoms with van der Waals surface area (Å²) in [5, 5.41) is 7.81. The van der Waals surface area contributed by atoms with Crippen LogP contribution in [0.4, 0.5) is 9.52 Å². The first-order chi connectivity index (χ1) is 13.0. The van der Waals surface area contributed by atoms with Crippen molar-refractivity contribution in [1.29, 1.82) is 0 Å². The van der Waals surface area contributed by atoms with Gasteiger partial charge in [0.05, 0.1) is 25.7 Å². The first kappa shape index (κ1) is 19.1. The number of aromatic nitrogens is 2. The Morgan fingerprint density at radius 2 is 1.85 bits per heavy atom.